The molecule has 0 radical (unpaired) electrons. The highest BCUT2D eigenvalue weighted by Crippen LogP contribution is 2.41. The smallest absolute Gasteiger partial charge is 0.316 e. The van der Waals surface area contributed by atoms with Crippen molar-refractivity contribution in [1.29, 1.82) is 0 Å². The number of aliphatic hydroxyl groups excluding tert-OH is 1. The number of amides is 1. The van der Waals surface area contributed by atoms with Gasteiger partial charge >= 0.3 is 5.97 Å². The van der Waals surface area contributed by atoms with Crippen molar-refractivity contribution in [2.24, 2.45) is 28.7 Å². The second kappa shape index (κ2) is 19.5. The van der Waals surface area contributed by atoms with Gasteiger partial charge in [-0.3, -0.25) is 19.3 Å². The minimum Gasteiger partial charge on any atom is -0.459 e. The van der Waals surface area contributed by atoms with Crippen molar-refractivity contribution in [3.8, 4) is 0 Å². The molecule has 3 heterocycles. The van der Waals surface area contributed by atoms with Crippen LogP contribution in [0.15, 0.2) is 53.0 Å². The highest BCUT2D eigenvalue weighted by molar-refractivity contribution is 6.00. The summed E-state index contributed by atoms with van der Waals surface area (Å²) in [5.41, 5.74) is -1.21. The molecule has 1 aromatic carbocycles. The highest BCUT2D eigenvalue weighted by atomic mass is 16.7. The van der Waals surface area contributed by atoms with Crippen molar-refractivity contribution in [2.45, 2.75) is 162 Å². The number of carbonyl (C=O) groups excluding carboxylic acids is 3. The average molecular weight is 811 g/mol. The standard InChI is InChI=1S/C46H70N2O10/c1-14-36-46(12,53)41-29(4)37(47-32(7)49)27(2)24-45(11,55-26-34(25-54-41)22-18-21-33-19-16-15-17-20-33)40(30(5)38(50)31(6)42(52)57-36)58-43-39(51)35(23-28(3)56-43)48(13)44(8,9)10/h15-22,27-31,35-36,39-41,43,51,53H,14,23-26H2,1-13H3/b21-18+,34-22+,47-37+/t27-,28-,29+,30+,31-,35+,36-,39-,40-,41-,43+,45-,46-/m1/s1. The maximum atomic E-state index is 14.6. The zero-order valence-corrected chi connectivity index (χ0v) is 37.1. The van der Waals surface area contributed by atoms with Crippen LogP contribution in [0.25, 0.3) is 6.08 Å². The molecule has 0 saturated carbocycles. The number of aliphatic hydroxyl groups is 2. The molecule has 0 aromatic heterocycles. The molecule has 1 amide bonds. The summed E-state index contributed by atoms with van der Waals surface area (Å²) in [4.78, 5) is 48.0. The quantitative estimate of drug-likeness (QED) is 0.244. The summed E-state index contributed by atoms with van der Waals surface area (Å²) in [5.74, 6) is -5.02. The Morgan fingerprint density at radius 3 is 2.31 bits per heavy atom. The maximum absolute atomic E-state index is 14.6. The molecule has 0 aliphatic carbocycles. The molecular weight excluding hydrogens is 741 g/mol. The van der Waals surface area contributed by atoms with Gasteiger partial charge in [0.2, 0.25) is 5.91 Å². The lowest BCUT2D eigenvalue weighted by atomic mass is 9.73. The Kier molecular flexibility index (Phi) is 16.0. The predicted molar refractivity (Wildman–Crippen MR) is 224 cm³/mol. The molecule has 0 unspecified atom stereocenters. The predicted octanol–water partition coefficient (Wildman–Crippen LogP) is 6.36. The van der Waals surface area contributed by atoms with E-state index in [1.54, 1.807) is 20.8 Å². The van der Waals surface area contributed by atoms with E-state index in [2.05, 4.69) is 30.7 Å². The van der Waals surface area contributed by atoms with Crippen LogP contribution < -0.4 is 0 Å². The van der Waals surface area contributed by atoms with E-state index in [0.29, 0.717) is 17.7 Å². The lowest BCUT2D eigenvalue weighted by Gasteiger charge is -2.49. The first-order valence-electron chi connectivity index (χ1n) is 21.0. The third-order valence-corrected chi connectivity index (χ3v) is 12.5. The molecular formula is C46H70N2O10. The molecule has 3 aliphatic rings. The zero-order chi connectivity index (χ0) is 43.3. The number of benzene rings is 1. The number of carbonyl (C=O) groups is 3. The summed E-state index contributed by atoms with van der Waals surface area (Å²) in [6.07, 6.45) is 1.01. The van der Waals surface area contributed by atoms with E-state index in [1.165, 1.54) is 13.8 Å². The first kappa shape index (κ1) is 47.6. The van der Waals surface area contributed by atoms with Crippen molar-refractivity contribution in [1.82, 2.24) is 4.90 Å². The summed E-state index contributed by atoms with van der Waals surface area (Å²) < 4.78 is 33.0. The van der Waals surface area contributed by atoms with Gasteiger partial charge in [-0.2, -0.15) is 0 Å². The lowest BCUT2D eigenvalue weighted by molar-refractivity contribution is -0.299. The van der Waals surface area contributed by atoms with Gasteiger partial charge in [0.1, 0.15) is 23.7 Å². The number of hydrogen-bond acceptors (Lipinski definition) is 11. The summed E-state index contributed by atoms with van der Waals surface area (Å²) in [6, 6.07) is 9.51. The van der Waals surface area contributed by atoms with Crippen molar-refractivity contribution >= 4 is 29.4 Å². The fourth-order valence-electron chi connectivity index (χ4n) is 8.90. The zero-order valence-electron chi connectivity index (χ0n) is 37.1. The number of nitrogens with zero attached hydrogens (tertiary/aromatic N) is 2. The number of aliphatic imine (C=N–C) groups is 1. The Morgan fingerprint density at radius 2 is 1.71 bits per heavy atom. The number of hydrogen-bond donors (Lipinski definition) is 2. The number of likely N-dealkylation sites (N-methyl/N-ethyl adjacent to an activating group) is 1. The molecule has 12 nitrogen and oxygen atoms in total. The SMILES string of the molecule is CC[C@H]1OC(=O)[C@H](C)C(=O)[C@H](C)[C@@H](O[C@@H]2O[C@H](C)C[C@H](N(C)C(C)(C)C)[C@H]2O)[C@@]2(C)C[C@@H](C)/C(=N\C(C)=O)[C@H](C)[C@@H](OC/C(=C\C=C\c3ccccc3)CO2)[C@]1(C)O. The van der Waals surface area contributed by atoms with Gasteiger partial charge in [0.15, 0.2) is 12.1 Å². The first-order valence-corrected chi connectivity index (χ1v) is 21.0. The second-order valence-electron chi connectivity index (χ2n) is 18.3. The van der Waals surface area contributed by atoms with E-state index in [-0.39, 0.29) is 43.7 Å². The molecule has 12 heteroatoms. The topological polar surface area (TPSA) is 153 Å². The summed E-state index contributed by atoms with van der Waals surface area (Å²) in [5, 5.41) is 24.4. The van der Waals surface area contributed by atoms with Crippen LogP contribution in [-0.4, -0.2) is 118 Å². The number of rotatable bonds is 6. The number of esters is 1. The molecule has 3 fully saturated rings. The van der Waals surface area contributed by atoms with Gasteiger partial charge in [-0.15, -0.1) is 0 Å². The highest BCUT2D eigenvalue weighted by Gasteiger charge is 2.53. The van der Waals surface area contributed by atoms with Gasteiger partial charge in [0, 0.05) is 36.1 Å². The molecule has 3 saturated heterocycles. The number of fused-ring (bicyclic) bond motifs is 5. The van der Waals surface area contributed by atoms with Gasteiger partial charge in [-0.25, -0.2) is 4.99 Å². The molecule has 1 aromatic rings. The summed E-state index contributed by atoms with van der Waals surface area (Å²) >= 11 is 0. The molecule has 0 spiro atoms. The van der Waals surface area contributed by atoms with Crippen LogP contribution in [0.4, 0.5) is 0 Å². The Bertz CT molecular complexity index is 1670. The number of cyclic esters (lactones) is 1. The van der Waals surface area contributed by atoms with Gasteiger partial charge in [0.25, 0.3) is 0 Å². The van der Waals surface area contributed by atoms with Gasteiger partial charge in [-0.1, -0.05) is 76.3 Å². The molecule has 4 rings (SSSR count). The summed E-state index contributed by atoms with van der Waals surface area (Å²) in [7, 11) is 1.97. The Hall–Kier alpha value is -3.10. The molecule has 3 aliphatic heterocycles. The van der Waals surface area contributed by atoms with E-state index in [1.807, 2.05) is 83.3 Å². The monoisotopic (exact) mass is 811 g/mol. The third kappa shape index (κ3) is 11.2. The fraction of sp³-hybridized carbons (Fsp3) is 0.696. The van der Waals surface area contributed by atoms with E-state index >= 15 is 0 Å². The van der Waals surface area contributed by atoms with Crippen LogP contribution >= 0.6 is 0 Å². The number of allylic oxidation sites excluding steroid dienone is 2. The van der Waals surface area contributed by atoms with Crippen molar-refractivity contribution in [3.05, 3.63) is 53.6 Å². The molecule has 58 heavy (non-hydrogen) atoms. The van der Waals surface area contributed by atoms with Crippen LogP contribution in [0.2, 0.25) is 0 Å². The summed E-state index contributed by atoms with van der Waals surface area (Å²) in [6.45, 7) is 21.8. The van der Waals surface area contributed by atoms with Crippen LogP contribution in [0, 0.1) is 23.7 Å². The normalized spacial score (nSPS) is 39.0. The molecule has 324 valence electrons. The van der Waals surface area contributed by atoms with E-state index in [0.717, 1.165) is 5.56 Å². The number of Topliss-reactive ketones (excluding diaryl/α,β-unsaturated/α-hetero) is 1. The third-order valence-electron chi connectivity index (χ3n) is 12.5. The van der Waals surface area contributed by atoms with Crippen molar-refractivity contribution in [2.75, 3.05) is 20.3 Å². The Morgan fingerprint density at radius 1 is 1.05 bits per heavy atom. The number of ketones is 1. The van der Waals surface area contributed by atoms with Crippen molar-refractivity contribution in [3.63, 3.8) is 0 Å². The minimum atomic E-state index is -1.78. The van der Waals surface area contributed by atoms with E-state index < -0.39 is 83.2 Å². The minimum absolute atomic E-state index is 0.00563. The van der Waals surface area contributed by atoms with E-state index in [9.17, 15) is 24.6 Å². The van der Waals surface area contributed by atoms with Gasteiger partial charge < -0.3 is 33.9 Å². The van der Waals surface area contributed by atoms with Crippen LogP contribution in [-0.2, 0) is 38.1 Å². The second-order valence-corrected chi connectivity index (χ2v) is 18.3. The van der Waals surface area contributed by atoms with Crippen LogP contribution in [0.1, 0.15) is 108 Å². The van der Waals surface area contributed by atoms with Crippen molar-refractivity contribution < 1.29 is 48.3 Å². The van der Waals surface area contributed by atoms with E-state index in [4.69, 9.17) is 23.7 Å². The largest absolute Gasteiger partial charge is 0.459 e. The Labute approximate surface area is 346 Å². The van der Waals surface area contributed by atoms with Gasteiger partial charge in [-0.05, 0) is 91.8 Å². The maximum Gasteiger partial charge on any atom is 0.316 e. The molecule has 13 atom stereocenters. The number of ether oxygens (including phenoxy) is 5. The fourth-order valence-corrected chi connectivity index (χ4v) is 8.90. The molecule has 2 bridgehead atoms. The first-order chi connectivity index (χ1) is 27.0. The van der Waals surface area contributed by atoms with Crippen LogP contribution in [0.3, 0.4) is 0 Å². The Balaban J connectivity index is 1.97. The average Bonchev–Trinajstić information content (AvgIpc) is 3.17. The lowest BCUT2D eigenvalue weighted by Crippen LogP contribution is -2.62. The van der Waals surface area contributed by atoms with Gasteiger partial charge in [0.05, 0.1) is 37.1 Å². The van der Waals surface area contributed by atoms with Crippen LogP contribution in [0.5, 0.6) is 0 Å². The molecule has 2 N–H and O–H groups in total.